The molecule has 0 bridgehead atoms. The van der Waals surface area contributed by atoms with Gasteiger partial charge in [0, 0.05) is 35.5 Å². The van der Waals surface area contributed by atoms with Crippen LogP contribution in [0.3, 0.4) is 0 Å². The van der Waals surface area contributed by atoms with E-state index in [1.54, 1.807) is 28.5 Å². The minimum Gasteiger partial charge on any atom is -0.354 e. The summed E-state index contributed by atoms with van der Waals surface area (Å²) in [5.74, 6) is -0.203. The molecule has 0 saturated heterocycles. The van der Waals surface area contributed by atoms with Crippen molar-refractivity contribution in [3.8, 4) is 0 Å². The highest BCUT2D eigenvalue weighted by Gasteiger charge is 2.34. The molecule has 1 saturated carbocycles. The predicted molar refractivity (Wildman–Crippen MR) is 114 cm³/mol. The second kappa shape index (κ2) is 9.11. The lowest BCUT2D eigenvalue weighted by Gasteiger charge is -2.21. The minimum atomic E-state index is -0.152. The molecule has 28 heavy (non-hydrogen) atoms. The van der Waals surface area contributed by atoms with Gasteiger partial charge in [0.05, 0.1) is 10.7 Å². The van der Waals surface area contributed by atoms with Crippen LogP contribution in [0, 0.1) is 0 Å². The fourth-order valence-corrected chi connectivity index (χ4v) is 3.77. The fourth-order valence-electron chi connectivity index (χ4n) is 2.74. The lowest BCUT2D eigenvalue weighted by atomic mass is 10.3. The molecular weight excluding hydrogens is 419 g/mol. The van der Waals surface area contributed by atoms with Crippen molar-refractivity contribution in [3.05, 3.63) is 39.3 Å². The number of anilines is 2. The molecule has 1 aromatic heterocycles. The van der Waals surface area contributed by atoms with Crippen molar-refractivity contribution in [2.45, 2.75) is 45.2 Å². The van der Waals surface area contributed by atoms with Crippen molar-refractivity contribution >= 4 is 57.2 Å². The third-order valence-corrected chi connectivity index (χ3v) is 5.49. The number of rotatable bonds is 8. The van der Waals surface area contributed by atoms with E-state index in [1.807, 2.05) is 13.8 Å². The van der Waals surface area contributed by atoms with E-state index in [-0.39, 0.29) is 30.3 Å². The van der Waals surface area contributed by atoms with Crippen LogP contribution < -0.4 is 10.6 Å². The van der Waals surface area contributed by atoms with E-state index >= 15 is 0 Å². The average Bonchev–Trinajstić information content (AvgIpc) is 3.35. The zero-order valence-corrected chi connectivity index (χ0v) is 18.0. The maximum atomic E-state index is 12.9. The molecule has 0 unspecified atom stereocenters. The van der Waals surface area contributed by atoms with Gasteiger partial charge in [0.2, 0.25) is 5.91 Å². The van der Waals surface area contributed by atoms with Gasteiger partial charge < -0.3 is 15.5 Å². The number of benzene rings is 1. The molecule has 1 heterocycles. The summed E-state index contributed by atoms with van der Waals surface area (Å²) in [5, 5.41) is 9.30. The number of nitrogens with one attached hydrogen (secondary N) is 2. The van der Waals surface area contributed by atoms with E-state index in [1.165, 1.54) is 11.3 Å². The first-order valence-corrected chi connectivity index (χ1v) is 10.7. The number of nitrogens with zero attached hydrogens (tertiary/aromatic N) is 2. The fraction of sp³-hybridized carbons (Fsp3) is 0.421. The molecule has 150 valence electrons. The molecule has 0 atom stereocenters. The van der Waals surface area contributed by atoms with Crippen LogP contribution in [0.5, 0.6) is 0 Å². The van der Waals surface area contributed by atoms with Crippen LogP contribution in [0.1, 0.15) is 43.6 Å². The Kier molecular flexibility index (Phi) is 6.80. The summed E-state index contributed by atoms with van der Waals surface area (Å²) in [7, 11) is 0. The number of hydrogen-bond acceptors (Lipinski definition) is 5. The third kappa shape index (κ3) is 5.59. The summed E-state index contributed by atoms with van der Waals surface area (Å²) >= 11 is 13.5. The van der Waals surface area contributed by atoms with E-state index in [0.29, 0.717) is 33.1 Å². The van der Waals surface area contributed by atoms with Gasteiger partial charge in [0.25, 0.3) is 5.91 Å². The van der Waals surface area contributed by atoms with E-state index in [2.05, 4.69) is 15.6 Å². The SMILES string of the molecule is CC(C)NC(=O)CCN(C(=O)c1csc(Nc2cc(Cl)ccc2Cl)n1)C1CC1. The maximum absolute atomic E-state index is 12.9. The number of halogens is 2. The van der Waals surface area contributed by atoms with Crippen LogP contribution in [0.25, 0.3) is 0 Å². The number of thiazole rings is 1. The number of carbonyl (C=O) groups is 2. The molecule has 6 nitrogen and oxygen atoms in total. The van der Waals surface area contributed by atoms with Crippen molar-refractivity contribution in [3.63, 3.8) is 0 Å². The minimum absolute atomic E-state index is 0.0512. The van der Waals surface area contributed by atoms with Gasteiger partial charge >= 0.3 is 0 Å². The zero-order valence-electron chi connectivity index (χ0n) is 15.7. The van der Waals surface area contributed by atoms with Crippen LogP contribution in [0.4, 0.5) is 10.8 Å². The number of aromatic nitrogens is 1. The number of hydrogen-bond donors (Lipinski definition) is 2. The van der Waals surface area contributed by atoms with Crippen molar-refractivity contribution in [2.24, 2.45) is 0 Å². The molecule has 2 amide bonds. The Hall–Kier alpha value is -1.83. The van der Waals surface area contributed by atoms with Crippen molar-refractivity contribution < 1.29 is 9.59 Å². The zero-order chi connectivity index (χ0) is 20.3. The van der Waals surface area contributed by atoms with Gasteiger partial charge in [-0.25, -0.2) is 4.98 Å². The number of carbonyl (C=O) groups excluding carboxylic acids is 2. The van der Waals surface area contributed by atoms with Crippen LogP contribution in [0.2, 0.25) is 10.0 Å². The van der Waals surface area contributed by atoms with Gasteiger partial charge in [-0.1, -0.05) is 23.2 Å². The van der Waals surface area contributed by atoms with Gasteiger partial charge in [0.1, 0.15) is 5.69 Å². The van der Waals surface area contributed by atoms with Crippen molar-refractivity contribution in [1.82, 2.24) is 15.2 Å². The number of amides is 2. The molecule has 3 rings (SSSR count). The molecule has 9 heteroatoms. The summed E-state index contributed by atoms with van der Waals surface area (Å²) in [6.45, 7) is 4.22. The lowest BCUT2D eigenvalue weighted by Crippen LogP contribution is -2.38. The monoisotopic (exact) mass is 440 g/mol. The Morgan fingerprint density at radius 1 is 1.32 bits per heavy atom. The summed E-state index contributed by atoms with van der Waals surface area (Å²) in [5.41, 5.74) is 0.994. The van der Waals surface area contributed by atoms with Crippen LogP contribution in [0.15, 0.2) is 23.6 Å². The Labute approximate surface area is 178 Å². The van der Waals surface area contributed by atoms with Gasteiger partial charge in [-0.05, 0) is 44.9 Å². The Morgan fingerprint density at radius 3 is 2.75 bits per heavy atom. The van der Waals surface area contributed by atoms with Gasteiger partial charge in [-0.15, -0.1) is 11.3 Å². The molecule has 0 radical (unpaired) electrons. The standard InChI is InChI=1S/C19H22Cl2N4O2S/c1-11(2)22-17(26)7-8-25(13-4-5-13)18(27)16-10-28-19(24-16)23-15-9-12(20)3-6-14(15)21/h3,6,9-11,13H,4-5,7-8H2,1-2H3,(H,22,26)(H,23,24). The highest BCUT2D eigenvalue weighted by Crippen LogP contribution is 2.31. The largest absolute Gasteiger partial charge is 0.354 e. The molecule has 1 aliphatic carbocycles. The average molecular weight is 441 g/mol. The Balaban J connectivity index is 1.66. The topological polar surface area (TPSA) is 74.3 Å². The molecule has 0 spiro atoms. The van der Waals surface area contributed by atoms with Crippen molar-refractivity contribution in [1.29, 1.82) is 0 Å². The second-order valence-corrected chi connectivity index (χ2v) is 8.69. The summed E-state index contributed by atoms with van der Waals surface area (Å²) in [4.78, 5) is 31.0. The molecule has 1 aliphatic rings. The van der Waals surface area contributed by atoms with E-state index in [9.17, 15) is 9.59 Å². The second-order valence-electron chi connectivity index (χ2n) is 6.99. The van der Waals surface area contributed by atoms with Crippen LogP contribution >= 0.6 is 34.5 Å². The van der Waals surface area contributed by atoms with Crippen molar-refractivity contribution in [2.75, 3.05) is 11.9 Å². The molecule has 1 aromatic carbocycles. The van der Waals surface area contributed by atoms with E-state index in [0.717, 1.165) is 12.8 Å². The quantitative estimate of drug-likeness (QED) is 0.622. The summed E-state index contributed by atoms with van der Waals surface area (Å²) in [6, 6.07) is 5.39. The predicted octanol–water partition coefficient (Wildman–Crippen LogP) is 4.71. The molecule has 2 N–H and O–H groups in total. The maximum Gasteiger partial charge on any atom is 0.273 e. The summed E-state index contributed by atoms with van der Waals surface area (Å²) < 4.78 is 0. The Morgan fingerprint density at radius 2 is 2.07 bits per heavy atom. The van der Waals surface area contributed by atoms with Crippen LogP contribution in [-0.4, -0.2) is 40.3 Å². The van der Waals surface area contributed by atoms with Gasteiger partial charge in [0.15, 0.2) is 5.13 Å². The van der Waals surface area contributed by atoms with Crippen LogP contribution in [-0.2, 0) is 4.79 Å². The highest BCUT2D eigenvalue weighted by atomic mass is 35.5. The molecule has 0 aliphatic heterocycles. The third-order valence-electron chi connectivity index (χ3n) is 4.17. The first kappa shape index (κ1) is 20.9. The first-order chi connectivity index (χ1) is 13.3. The lowest BCUT2D eigenvalue weighted by molar-refractivity contribution is -0.121. The molecule has 1 fully saturated rings. The molecular formula is C19H22Cl2N4O2S. The first-order valence-electron chi connectivity index (χ1n) is 9.11. The van der Waals surface area contributed by atoms with E-state index < -0.39 is 0 Å². The summed E-state index contributed by atoms with van der Waals surface area (Å²) in [6.07, 6.45) is 2.21. The smallest absolute Gasteiger partial charge is 0.273 e. The van der Waals surface area contributed by atoms with E-state index in [4.69, 9.17) is 23.2 Å². The highest BCUT2D eigenvalue weighted by molar-refractivity contribution is 7.14. The normalized spacial score (nSPS) is 13.5. The Bertz CT molecular complexity index is 867. The van der Waals surface area contributed by atoms with Gasteiger partial charge in [-0.3, -0.25) is 9.59 Å². The molecule has 2 aromatic rings. The van der Waals surface area contributed by atoms with Gasteiger partial charge in [-0.2, -0.15) is 0 Å².